The van der Waals surface area contributed by atoms with Gasteiger partial charge in [-0.15, -0.1) is 0 Å². The summed E-state index contributed by atoms with van der Waals surface area (Å²) in [6.45, 7) is 5.99. The van der Waals surface area contributed by atoms with E-state index in [4.69, 9.17) is 14.6 Å². The highest BCUT2D eigenvalue weighted by atomic mass is 31.2. The Hall–Kier alpha value is -0.460. The van der Waals surface area contributed by atoms with Gasteiger partial charge < -0.3 is 9.36 Å². The van der Waals surface area contributed by atoms with E-state index < -0.39 is 19.8 Å². The van der Waals surface area contributed by atoms with Crippen LogP contribution in [0.1, 0.15) is 33.6 Å². The van der Waals surface area contributed by atoms with E-state index in [0.717, 1.165) is 12.8 Å². The van der Waals surface area contributed by atoms with Crippen LogP contribution >= 0.6 is 7.82 Å². The maximum atomic E-state index is 11.1. The molecule has 0 aromatic heterocycles. The molecule has 102 valence electrons. The Morgan fingerprint density at radius 1 is 1.35 bits per heavy atom. The van der Waals surface area contributed by atoms with E-state index in [0.29, 0.717) is 12.5 Å². The van der Waals surface area contributed by atoms with Crippen LogP contribution in [0, 0.1) is 5.92 Å². The fraction of sp³-hybridized carbons (Fsp3) is 0.889. The molecule has 0 saturated heterocycles. The van der Waals surface area contributed by atoms with Crippen LogP contribution in [0.3, 0.4) is 0 Å². The van der Waals surface area contributed by atoms with Gasteiger partial charge in [0.1, 0.15) is 6.04 Å². The molecule has 0 unspecified atom stereocenters. The number of nitrogens with one attached hydrogen (secondary N) is 1. The number of carbonyl (C=O) groups excluding carboxylic acids is 1. The van der Waals surface area contributed by atoms with Crippen molar-refractivity contribution in [2.24, 2.45) is 5.92 Å². The van der Waals surface area contributed by atoms with Crippen molar-refractivity contribution in [3.8, 4) is 0 Å². The zero-order valence-corrected chi connectivity index (χ0v) is 11.1. The van der Waals surface area contributed by atoms with Crippen molar-refractivity contribution in [2.45, 2.75) is 39.7 Å². The van der Waals surface area contributed by atoms with Crippen LogP contribution in [0.2, 0.25) is 0 Å². The molecule has 0 rings (SSSR count). The highest BCUT2D eigenvalue weighted by Gasteiger charge is 2.24. The van der Waals surface area contributed by atoms with Gasteiger partial charge in [-0.05, 0) is 25.7 Å². The van der Waals surface area contributed by atoms with E-state index in [1.807, 2.05) is 0 Å². The van der Waals surface area contributed by atoms with Gasteiger partial charge in [0.05, 0.1) is 6.61 Å². The Bertz CT molecular complexity index is 277. The molecule has 0 amide bonds. The van der Waals surface area contributed by atoms with Crippen LogP contribution in [0.5, 0.6) is 0 Å². The molecule has 8 heteroatoms. The summed E-state index contributed by atoms with van der Waals surface area (Å²) in [7, 11) is -4.78. The Kier molecular flexibility index (Phi) is 7.58. The second-order valence-corrected chi connectivity index (χ2v) is 5.29. The maximum absolute atomic E-state index is 11.1. The standard InChI is InChI=1S/C9H20NO6P/c1-7(2)5-4-6-15-10-8(3)9(11)16-17(12,13)14/h7-8,10H,4-6H2,1-3H3,(H2,12,13,14)/t8-/m0/s1. The second-order valence-electron chi connectivity index (χ2n) is 4.12. The Morgan fingerprint density at radius 3 is 2.41 bits per heavy atom. The lowest BCUT2D eigenvalue weighted by atomic mass is 10.1. The minimum absolute atomic E-state index is 0.422. The Morgan fingerprint density at radius 2 is 1.94 bits per heavy atom. The number of hydrogen-bond acceptors (Lipinski definition) is 5. The topological polar surface area (TPSA) is 105 Å². The first-order valence-electron chi connectivity index (χ1n) is 5.38. The lowest BCUT2D eigenvalue weighted by molar-refractivity contribution is -0.142. The Labute approximate surface area is 101 Å². The molecule has 17 heavy (non-hydrogen) atoms. The molecule has 0 heterocycles. The van der Waals surface area contributed by atoms with Gasteiger partial charge >= 0.3 is 13.8 Å². The van der Waals surface area contributed by atoms with Crippen molar-refractivity contribution >= 4 is 13.8 Å². The molecule has 0 aromatic rings. The average Bonchev–Trinajstić information content (AvgIpc) is 2.13. The fourth-order valence-electron chi connectivity index (χ4n) is 0.992. The first-order valence-corrected chi connectivity index (χ1v) is 6.91. The van der Waals surface area contributed by atoms with Crippen LogP contribution in [0.15, 0.2) is 0 Å². The van der Waals surface area contributed by atoms with Crippen molar-refractivity contribution in [1.29, 1.82) is 0 Å². The molecule has 0 fully saturated rings. The molecule has 0 bridgehead atoms. The molecule has 3 N–H and O–H groups in total. The minimum atomic E-state index is -4.78. The van der Waals surface area contributed by atoms with Crippen LogP contribution in [0.4, 0.5) is 0 Å². The highest BCUT2D eigenvalue weighted by Crippen LogP contribution is 2.36. The van der Waals surface area contributed by atoms with Gasteiger partial charge in [-0.3, -0.25) is 9.79 Å². The monoisotopic (exact) mass is 269 g/mol. The normalized spacial score (nSPS) is 13.8. The van der Waals surface area contributed by atoms with Crippen molar-refractivity contribution in [2.75, 3.05) is 6.61 Å². The van der Waals surface area contributed by atoms with Gasteiger partial charge in [-0.25, -0.2) is 9.36 Å². The first kappa shape index (κ1) is 16.5. The van der Waals surface area contributed by atoms with Crippen LogP contribution in [0.25, 0.3) is 0 Å². The van der Waals surface area contributed by atoms with E-state index in [9.17, 15) is 9.36 Å². The number of phosphoric acid groups is 1. The third kappa shape index (κ3) is 10.4. The molecular weight excluding hydrogens is 249 g/mol. The van der Waals surface area contributed by atoms with Crippen molar-refractivity contribution < 1.29 is 28.5 Å². The zero-order chi connectivity index (χ0) is 13.5. The summed E-state index contributed by atoms with van der Waals surface area (Å²) in [5.74, 6) is -0.474. The first-order chi connectivity index (χ1) is 7.72. The number of phosphoric ester groups is 1. The van der Waals surface area contributed by atoms with E-state index in [2.05, 4.69) is 23.9 Å². The van der Waals surface area contributed by atoms with Gasteiger partial charge in [-0.1, -0.05) is 13.8 Å². The third-order valence-electron chi connectivity index (χ3n) is 1.85. The molecule has 1 atom stereocenters. The van der Waals surface area contributed by atoms with Crippen LogP contribution in [-0.4, -0.2) is 28.4 Å². The van der Waals surface area contributed by atoms with E-state index in [1.165, 1.54) is 6.92 Å². The van der Waals surface area contributed by atoms with Gasteiger partial charge in [-0.2, -0.15) is 5.48 Å². The fourth-order valence-corrected chi connectivity index (χ4v) is 1.38. The molecule has 0 aliphatic rings. The summed E-state index contributed by atoms with van der Waals surface area (Å²) in [5, 5.41) is 0. The summed E-state index contributed by atoms with van der Waals surface area (Å²) in [4.78, 5) is 32.9. The van der Waals surface area contributed by atoms with Crippen molar-refractivity contribution in [3.05, 3.63) is 0 Å². The van der Waals surface area contributed by atoms with E-state index in [1.54, 1.807) is 0 Å². The van der Waals surface area contributed by atoms with Crippen LogP contribution in [-0.2, 0) is 18.7 Å². The smallest absolute Gasteiger partial charge is 0.369 e. The Balaban J connectivity index is 3.68. The predicted octanol–water partition coefficient (Wildman–Crippen LogP) is 0.968. The van der Waals surface area contributed by atoms with Crippen molar-refractivity contribution in [1.82, 2.24) is 5.48 Å². The highest BCUT2D eigenvalue weighted by molar-refractivity contribution is 7.46. The number of hydroxylamine groups is 1. The summed E-state index contributed by atoms with van der Waals surface area (Å²) in [5.41, 5.74) is 2.36. The molecule has 0 aliphatic heterocycles. The summed E-state index contributed by atoms with van der Waals surface area (Å²) < 4.78 is 14.3. The maximum Gasteiger partial charge on any atom is 0.527 e. The molecule has 0 aromatic carbocycles. The number of hydrogen-bond donors (Lipinski definition) is 3. The summed E-state index contributed by atoms with van der Waals surface area (Å²) >= 11 is 0. The second kappa shape index (κ2) is 7.79. The summed E-state index contributed by atoms with van der Waals surface area (Å²) in [6, 6.07) is -0.929. The molecule has 0 saturated carbocycles. The van der Waals surface area contributed by atoms with Crippen molar-refractivity contribution in [3.63, 3.8) is 0 Å². The number of rotatable bonds is 8. The van der Waals surface area contributed by atoms with E-state index >= 15 is 0 Å². The minimum Gasteiger partial charge on any atom is -0.369 e. The van der Waals surface area contributed by atoms with Gasteiger partial charge in [0, 0.05) is 0 Å². The molecule has 0 radical (unpaired) electrons. The molecular formula is C9H20NO6P. The van der Waals surface area contributed by atoms with Crippen LogP contribution < -0.4 is 5.48 Å². The molecule has 0 spiro atoms. The number of carbonyl (C=O) groups is 1. The van der Waals surface area contributed by atoms with E-state index in [-0.39, 0.29) is 0 Å². The molecule has 0 aliphatic carbocycles. The van der Waals surface area contributed by atoms with Gasteiger partial charge in [0.25, 0.3) is 0 Å². The summed E-state index contributed by atoms with van der Waals surface area (Å²) in [6.07, 6.45) is 1.84. The lowest BCUT2D eigenvalue weighted by Crippen LogP contribution is -2.35. The zero-order valence-electron chi connectivity index (χ0n) is 10.3. The quantitative estimate of drug-likeness (QED) is 0.342. The largest absolute Gasteiger partial charge is 0.527 e. The SMILES string of the molecule is CC(C)CCCON[C@@H](C)C(=O)OP(=O)(O)O. The molecule has 7 nitrogen and oxygen atoms in total. The lowest BCUT2D eigenvalue weighted by Gasteiger charge is -2.13. The average molecular weight is 269 g/mol. The van der Waals surface area contributed by atoms with Gasteiger partial charge in [0.15, 0.2) is 0 Å². The predicted molar refractivity (Wildman–Crippen MR) is 60.8 cm³/mol. The van der Waals surface area contributed by atoms with Gasteiger partial charge in [0.2, 0.25) is 0 Å². The third-order valence-corrected chi connectivity index (χ3v) is 2.27.